The van der Waals surface area contributed by atoms with Crippen LogP contribution in [0.4, 0.5) is 0 Å². The highest BCUT2D eigenvalue weighted by Crippen LogP contribution is 2.21. The molecule has 1 aromatic carbocycles. The molecule has 0 saturated carbocycles. The zero-order valence-corrected chi connectivity index (χ0v) is 17.8. The van der Waals surface area contributed by atoms with E-state index in [1.807, 2.05) is 45.9 Å². The maximum absolute atomic E-state index is 12.6. The van der Waals surface area contributed by atoms with Crippen LogP contribution in [0.1, 0.15) is 37.8 Å². The lowest BCUT2D eigenvalue weighted by atomic mass is 10.1. The molecule has 1 saturated heterocycles. The molecule has 0 aromatic heterocycles. The zero-order chi connectivity index (χ0) is 20.9. The van der Waals surface area contributed by atoms with Crippen molar-refractivity contribution in [1.82, 2.24) is 4.90 Å². The Bertz CT molecular complexity index is 800. The average molecular weight is 412 g/mol. The minimum Gasteiger partial charge on any atom is -0.482 e. The molecule has 1 heterocycles. The lowest BCUT2D eigenvalue weighted by Crippen LogP contribution is -2.48. The van der Waals surface area contributed by atoms with Crippen LogP contribution in [0.5, 0.6) is 5.75 Å². The minimum atomic E-state index is -3.12. The maximum Gasteiger partial charge on any atom is 0.344 e. The minimum absolute atomic E-state index is 0.0349. The van der Waals surface area contributed by atoms with E-state index < -0.39 is 22.4 Å². The van der Waals surface area contributed by atoms with Crippen molar-refractivity contribution >= 4 is 21.7 Å². The van der Waals surface area contributed by atoms with E-state index in [-0.39, 0.29) is 36.1 Å². The van der Waals surface area contributed by atoms with Crippen LogP contribution in [0.2, 0.25) is 0 Å². The summed E-state index contributed by atoms with van der Waals surface area (Å²) in [7, 11) is -3.12. The number of amides is 1. The van der Waals surface area contributed by atoms with Gasteiger partial charge in [-0.3, -0.25) is 4.79 Å². The molecule has 28 heavy (non-hydrogen) atoms. The van der Waals surface area contributed by atoms with Crippen LogP contribution in [0.15, 0.2) is 18.2 Å². The van der Waals surface area contributed by atoms with Crippen molar-refractivity contribution in [2.75, 3.05) is 24.7 Å². The fourth-order valence-electron chi connectivity index (χ4n) is 3.42. The van der Waals surface area contributed by atoms with E-state index in [1.165, 1.54) is 0 Å². The van der Waals surface area contributed by atoms with Gasteiger partial charge >= 0.3 is 5.97 Å². The number of hydrogen-bond acceptors (Lipinski definition) is 6. The SMILES string of the molecule is CC[C@H](C)N(C(=O)COC(=O)COc1cc(C)cc(C)c1)[C@H]1CCS(=O)(=O)C1. The van der Waals surface area contributed by atoms with Gasteiger partial charge in [-0.1, -0.05) is 13.0 Å². The smallest absolute Gasteiger partial charge is 0.344 e. The Kier molecular flexibility index (Phi) is 7.46. The Morgan fingerprint density at radius 1 is 1.18 bits per heavy atom. The van der Waals surface area contributed by atoms with Crippen LogP contribution in [0.25, 0.3) is 0 Å². The van der Waals surface area contributed by atoms with Gasteiger partial charge in [0.15, 0.2) is 23.1 Å². The first-order valence-electron chi connectivity index (χ1n) is 9.49. The average Bonchev–Trinajstić information content (AvgIpc) is 2.96. The number of nitrogens with zero attached hydrogens (tertiary/aromatic N) is 1. The molecule has 1 fully saturated rings. The van der Waals surface area contributed by atoms with Crippen molar-refractivity contribution in [3.63, 3.8) is 0 Å². The van der Waals surface area contributed by atoms with E-state index in [1.54, 1.807) is 4.90 Å². The predicted molar refractivity (Wildman–Crippen MR) is 106 cm³/mol. The van der Waals surface area contributed by atoms with E-state index >= 15 is 0 Å². The van der Waals surface area contributed by atoms with Crippen LogP contribution < -0.4 is 4.74 Å². The number of esters is 1. The molecule has 1 amide bonds. The molecule has 0 aliphatic carbocycles. The summed E-state index contributed by atoms with van der Waals surface area (Å²) in [6.45, 7) is 6.95. The zero-order valence-electron chi connectivity index (χ0n) is 16.9. The highest BCUT2D eigenvalue weighted by atomic mass is 32.2. The highest BCUT2D eigenvalue weighted by molar-refractivity contribution is 7.91. The second-order valence-corrected chi connectivity index (χ2v) is 9.62. The number of sulfone groups is 1. The van der Waals surface area contributed by atoms with Crippen LogP contribution in [-0.4, -0.2) is 62.0 Å². The van der Waals surface area contributed by atoms with Gasteiger partial charge in [-0.25, -0.2) is 13.2 Å². The summed E-state index contributed by atoms with van der Waals surface area (Å²) < 4.78 is 34.1. The lowest BCUT2D eigenvalue weighted by Gasteiger charge is -2.33. The Morgan fingerprint density at radius 2 is 1.82 bits per heavy atom. The van der Waals surface area contributed by atoms with Crippen molar-refractivity contribution in [2.45, 2.75) is 52.6 Å². The van der Waals surface area contributed by atoms with Gasteiger partial charge in [0.1, 0.15) is 5.75 Å². The molecule has 0 N–H and O–H groups in total. The third kappa shape index (κ3) is 6.22. The van der Waals surface area contributed by atoms with E-state index in [0.29, 0.717) is 18.6 Å². The van der Waals surface area contributed by atoms with E-state index in [4.69, 9.17) is 9.47 Å². The maximum atomic E-state index is 12.6. The summed E-state index contributed by atoms with van der Waals surface area (Å²) in [5.41, 5.74) is 2.04. The summed E-state index contributed by atoms with van der Waals surface area (Å²) in [4.78, 5) is 26.1. The van der Waals surface area contributed by atoms with Gasteiger partial charge in [0.2, 0.25) is 0 Å². The molecule has 8 heteroatoms. The first-order valence-corrected chi connectivity index (χ1v) is 11.3. The molecule has 2 rings (SSSR count). The van der Waals surface area contributed by atoms with Gasteiger partial charge in [0.25, 0.3) is 5.91 Å². The summed E-state index contributed by atoms with van der Waals surface area (Å²) in [6, 6.07) is 5.14. The number of aryl methyl sites for hydroxylation is 2. The third-order valence-corrected chi connectivity index (χ3v) is 6.61. The van der Waals surface area contributed by atoms with E-state index in [0.717, 1.165) is 11.1 Å². The molecule has 156 valence electrons. The fourth-order valence-corrected chi connectivity index (χ4v) is 5.13. The lowest BCUT2D eigenvalue weighted by molar-refractivity contribution is -0.155. The van der Waals surface area contributed by atoms with Gasteiger partial charge in [-0.05, 0) is 56.9 Å². The fraction of sp³-hybridized carbons (Fsp3) is 0.600. The molecule has 0 radical (unpaired) electrons. The Morgan fingerprint density at radius 3 is 2.36 bits per heavy atom. The van der Waals surface area contributed by atoms with Gasteiger partial charge < -0.3 is 14.4 Å². The van der Waals surface area contributed by atoms with Crippen molar-refractivity contribution < 1.29 is 27.5 Å². The normalized spacial score (nSPS) is 19.1. The molecule has 1 aliphatic rings. The second kappa shape index (κ2) is 9.41. The van der Waals surface area contributed by atoms with Gasteiger partial charge in [-0.15, -0.1) is 0 Å². The van der Waals surface area contributed by atoms with Gasteiger partial charge in [0, 0.05) is 12.1 Å². The summed E-state index contributed by atoms with van der Waals surface area (Å²) in [5, 5.41) is 0. The summed E-state index contributed by atoms with van der Waals surface area (Å²) in [5.74, 6) is -0.404. The first kappa shape index (κ1) is 22.2. The second-order valence-electron chi connectivity index (χ2n) is 7.39. The molecule has 2 atom stereocenters. The molecule has 0 spiro atoms. The molecular weight excluding hydrogens is 382 g/mol. The molecule has 1 aliphatic heterocycles. The van der Waals surface area contributed by atoms with Gasteiger partial charge in [-0.2, -0.15) is 0 Å². The number of benzene rings is 1. The summed E-state index contributed by atoms with van der Waals surface area (Å²) >= 11 is 0. The van der Waals surface area contributed by atoms with E-state index in [9.17, 15) is 18.0 Å². The summed E-state index contributed by atoms with van der Waals surface area (Å²) in [6.07, 6.45) is 1.11. The van der Waals surface area contributed by atoms with Gasteiger partial charge in [0.05, 0.1) is 11.5 Å². The van der Waals surface area contributed by atoms with Crippen molar-refractivity contribution in [3.05, 3.63) is 29.3 Å². The Balaban J connectivity index is 1.89. The molecule has 1 aromatic rings. The predicted octanol–water partition coefficient (Wildman–Crippen LogP) is 2.04. The highest BCUT2D eigenvalue weighted by Gasteiger charge is 2.36. The van der Waals surface area contributed by atoms with Crippen LogP contribution in [0, 0.1) is 13.8 Å². The number of ether oxygens (including phenoxy) is 2. The standard InChI is InChI=1S/C20H29NO6S/c1-5-16(4)21(17-6-7-28(24,25)13-17)19(22)11-27-20(23)12-26-18-9-14(2)8-15(3)10-18/h8-10,16-17H,5-7,11-13H2,1-4H3/t16-,17-/m0/s1. The van der Waals surface area contributed by atoms with Crippen LogP contribution >= 0.6 is 0 Å². The molecular formula is C20H29NO6S. The molecule has 7 nitrogen and oxygen atoms in total. The number of rotatable bonds is 8. The van der Waals surface area contributed by atoms with Crippen molar-refractivity contribution in [2.24, 2.45) is 0 Å². The first-order chi connectivity index (χ1) is 13.1. The monoisotopic (exact) mass is 411 g/mol. The third-order valence-electron chi connectivity index (χ3n) is 4.86. The van der Waals surface area contributed by atoms with Crippen LogP contribution in [0.3, 0.4) is 0 Å². The largest absolute Gasteiger partial charge is 0.482 e. The number of carbonyl (C=O) groups excluding carboxylic acids is 2. The Hall–Kier alpha value is -2.09. The topological polar surface area (TPSA) is 90.0 Å². The van der Waals surface area contributed by atoms with Crippen molar-refractivity contribution in [1.29, 1.82) is 0 Å². The van der Waals surface area contributed by atoms with E-state index in [2.05, 4.69) is 0 Å². The number of carbonyl (C=O) groups is 2. The van der Waals surface area contributed by atoms with Crippen molar-refractivity contribution in [3.8, 4) is 5.75 Å². The molecule has 0 unspecified atom stereocenters. The number of hydrogen-bond donors (Lipinski definition) is 0. The molecule has 0 bridgehead atoms. The Labute approximate surface area is 166 Å². The van der Waals surface area contributed by atoms with Crippen LogP contribution in [-0.2, 0) is 24.2 Å². The quantitative estimate of drug-likeness (QED) is 0.608.